The number of hydrogen-bond donors (Lipinski definition) is 0. The molecule has 0 unspecified atom stereocenters. The first kappa shape index (κ1) is 10.0. The Bertz CT molecular complexity index is 246. The first-order valence-electron chi connectivity index (χ1n) is 4.99. The highest BCUT2D eigenvalue weighted by Gasteiger charge is 1.97. The summed E-state index contributed by atoms with van der Waals surface area (Å²) in [4.78, 5) is 0. The predicted molar refractivity (Wildman–Crippen MR) is 58.7 cm³/mol. The van der Waals surface area contributed by atoms with E-state index in [1.54, 1.807) is 0 Å². The van der Waals surface area contributed by atoms with Crippen LogP contribution in [0.5, 0.6) is 0 Å². The van der Waals surface area contributed by atoms with Gasteiger partial charge in [-0.05, 0) is 31.2 Å². The molecule has 0 fully saturated rings. The van der Waals surface area contributed by atoms with Crippen molar-refractivity contribution in [2.75, 3.05) is 0 Å². The molecule has 0 aliphatic carbocycles. The predicted octanol–water partition coefficient (Wildman–Crippen LogP) is 3.83. The number of benzene rings is 1. The van der Waals surface area contributed by atoms with Gasteiger partial charge in [-0.15, -0.1) is 0 Å². The van der Waals surface area contributed by atoms with Crippen LogP contribution in [0.1, 0.15) is 25.8 Å². The van der Waals surface area contributed by atoms with Crippen molar-refractivity contribution in [3.63, 3.8) is 0 Å². The molecule has 0 amide bonds. The number of aryl methyl sites for hydroxylation is 1. The van der Waals surface area contributed by atoms with Crippen molar-refractivity contribution in [2.45, 2.75) is 26.7 Å². The third kappa shape index (κ3) is 3.93. The number of hydrogen-bond acceptors (Lipinski definition) is 0. The second kappa shape index (κ2) is 5.58. The minimum atomic E-state index is 0.699. The van der Waals surface area contributed by atoms with Crippen LogP contribution < -0.4 is 0 Å². The zero-order valence-electron chi connectivity index (χ0n) is 8.53. The Labute approximate surface area is 81.3 Å². The van der Waals surface area contributed by atoms with Crippen LogP contribution in [0.4, 0.5) is 0 Å². The Hall–Kier alpha value is -1.04. The average molecular weight is 174 g/mol. The smallest absolute Gasteiger partial charge is 0.0259 e. The molecular weight excluding hydrogens is 156 g/mol. The molecule has 0 spiro atoms. The van der Waals surface area contributed by atoms with Gasteiger partial charge in [-0.1, -0.05) is 49.4 Å². The molecule has 0 saturated carbocycles. The molecule has 1 atom stereocenters. The number of allylic oxidation sites excluding steroid dienone is 2. The molecule has 0 nitrogen and oxygen atoms in total. The molecule has 70 valence electrons. The molecule has 0 heteroatoms. The summed E-state index contributed by atoms with van der Waals surface area (Å²) < 4.78 is 0. The fraction of sp³-hybridized carbons (Fsp3) is 0.385. The van der Waals surface area contributed by atoms with E-state index in [0.717, 1.165) is 0 Å². The molecule has 0 aromatic heterocycles. The highest BCUT2D eigenvalue weighted by atomic mass is 14.0. The normalized spacial score (nSPS) is 13.4. The SMILES string of the molecule is C/C=C/[C@H](C)CCc1ccccc1. The van der Waals surface area contributed by atoms with E-state index >= 15 is 0 Å². The van der Waals surface area contributed by atoms with Gasteiger partial charge in [0.1, 0.15) is 0 Å². The van der Waals surface area contributed by atoms with Crippen LogP contribution in [0.2, 0.25) is 0 Å². The van der Waals surface area contributed by atoms with E-state index in [2.05, 4.69) is 56.3 Å². The van der Waals surface area contributed by atoms with E-state index in [-0.39, 0.29) is 0 Å². The van der Waals surface area contributed by atoms with E-state index in [1.807, 2.05) is 0 Å². The van der Waals surface area contributed by atoms with Crippen molar-refractivity contribution < 1.29 is 0 Å². The minimum Gasteiger partial charge on any atom is -0.0914 e. The van der Waals surface area contributed by atoms with E-state index in [1.165, 1.54) is 18.4 Å². The maximum absolute atomic E-state index is 2.27. The van der Waals surface area contributed by atoms with Gasteiger partial charge in [0, 0.05) is 0 Å². The van der Waals surface area contributed by atoms with E-state index < -0.39 is 0 Å². The molecule has 0 bridgehead atoms. The standard InChI is InChI=1S/C13H18/c1-3-7-12(2)10-11-13-8-5-4-6-9-13/h3-9,12H,10-11H2,1-2H3/b7-3+/t12-/m0/s1. The molecule has 0 radical (unpaired) electrons. The maximum atomic E-state index is 2.27. The summed E-state index contributed by atoms with van der Waals surface area (Å²) in [5.74, 6) is 0.699. The van der Waals surface area contributed by atoms with Gasteiger partial charge in [-0.3, -0.25) is 0 Å². The fourth-order valence-electron chi connectivity index (χ4n) is 1.46. The molecule has 1 aromatic carbocycles. The quantitative estimate of drug-likeness (QED) is 0.608. The Morgan fingerprint density at radius 1 is 1.23 bits per heavy atom. The monoisotopic (exact) mass is 174 g/mol. The van der Waals surface area contributed by atoms with E-state index in [9.17, 15) is 0 Å². The summed E-state index contributed by atoms with van der Waals surface area (Å²) in [5, 5.41) is 0. The lowest BCUT2D eigenvalue weighted by Crippen LogP contribution is -1.93. The lowest BCUT2D eigenvalue weighted by Gasteiger charge is -2.05. The van der Waals surface area contributed by atoms with Gasteiger partial charge >= 0.3 is 0 Å². The topological polar surface area (TPSA) is 0 Å². The summed E-state index contributed by atoms with van der Waals surface area (Å²) in [6, 6.07) is 10.7. The van der Waals surface area contributed by atoms with Crippen LogP contribution in [-0.4, -0.2) is 0 Å². The fourth-order valence-corrected chi connectivity index (χ4v) is 1.46. The van der Waals surface area contributed by atoms with Crippen molar-refractivity contribution in [1.29, 1.82) is 0 Å². The zero-order valence-corrected chi connectivity index (χ0v) is 8.53. The molecule has 1 rings (SSSR count). The van der Waals surface area contributed by atoms with Crippen molar-refractivity contribution in [3.05, 3.63) is 48.0 Å². The number of rotatable bonds is 4. The van der Waals surface area contributed by atoms with Gasteiger partial charge in [0.15, 0.2) is 0 Å². The average Bonchev–Trinajstić information content (AvgIpc) is 2.17. The van der Waals surface area contributed by atoms with Crippen LogP contribution in [0.3, 0.4) is 0 Å². The van der Waals surface area contributed by atoms with Gasteiger partial charge in [-0.2, -0.15) is 0 Å². The van der Waals surface area contributed by atoms with Crippen molar-refractivity contribution in [2.24, 2.45) is 5.92 Å². The van der Waals surface area contributed by atoms with Gasteiger partial charge in [0.05, 0.1) is 0 Å². The molecule has 0 saturated heterocycles. The Balaban J connectivity index is 2.35. The molecule has 0 aliphatic heterocycles. The Kier molecular flexibility index (Phi) is 4.31. The molecular formula is C13H18. The second-order valence-electron chi connectivity index (χ2n) is 3.53. The third-order valence-electron chi connectivity index (χ3n) is 2.25. The van der Waals surface area contributed by atoms with Gasteiger partial charge in [-0.25, -0.2) is 0 Å². The summed E-state index contributed by atoms with van der Waals surface area (Å²) in [7, 11) is 0. The van der Waals surface area contributed by atoms with Crippen LogP contribution in [0, 0.1) is 5.92 Å². The molecule has 1 aromatic rings. The van der Waals surface area contributed by atoms with Crippen LogP contribution in [0.25, 0.3) is 0 Å². The summed E-state index contributed by atoms with van der Waals surface area (Å²) in [6.45, 7) is 4.35. The summed E-state index contributed by atoms with van der Waals surface area (Å²) in [5.41, 5.74) is 1.44. The van der Waals surface area contributed by atoms with Crippen LogP contribution in [-0.2, 0) is 6.42 Å². The summed E-state index contributed by atoms with van der Waals surface area (Å²) >= 11 is 0. The van der Waals surface area contributed by atoms with Gasteiger partial charge in [0.2, 0.25) is 0 Å². The Morgan fingerprint density at radius 3 is 2.54 bits per heavy atom. The Morgan fingerprint density at radius 2 is 1.92 bits per heavy atom. The van der Waals surface area contributed by atoms with Crippen LogP contribution in [0.15, 0.2) is 42.5 Å². The van der Waals surface area contributed by atoms with Crippen LogP contribution >= 0.6 is 0 Å². The molecule has 13 heavy (non-hydrogen) atoms. The van der Waals surface area contributed by atoms with Crippen molar-refractivity contribution in [1.82, 2.24) is 0 Å². The first-order chi connectivity index (χ1) is 6.33. The van der Waals surface area contributed by atoms with Crippen molar-refractivity contribution >= 4 is 0 Å². The van der Waals surface area contributed by atoms with E-state index in [0.29, 0.717) is 5.92 Å². The van der Waals surface area contributed by atoms with Crippen molar-refractivity contribution in [3.8, 4) is 0 Å². The lowest BCUT2D eigenvalue weighted by molar-refractivity contribution is 0.647. The summed E-state index contributed by atoms with van der Waals surface area (Å²) in [6.07, 6.45) is 6.83. The minimum absolute atomic E-state index is 0.699. The second-order valence-corrected chi connectivity index (χ2v) is 3.53. The van der Waals surface area contributed by atoms with E-state index in [4.69, 9.17) is 0 Å². The third-order valence-corrected chi connectivity index (χ3v) is 2.25. The highest BCUT2D eigenvalue weighted by molar-refractivity contribution is 5.14. The molecule has 0 aliphatic rings. The maximum Gasteiger partial charge on any atom is -0.0259 e. The van der Waals surface area contributed by atoms with Gasteiger partial charge < -0.3 is 0 Å². The highest BCUT2D eigenvalue weighted by Crippen LogP contribution is 2.10. The van der Waals surface area contributed by atoms with Gasteiger partial charge in [0.25, 0.3) is 0 Å². The molecule has 0 N–H and O–H groups in total. The zero-order chi connectivity index (χ0) is 9.52. The lowest BCUT2D eigenvalue weighted by atomic mass is 10.0. The molecule has 0 heterocycles. The first-order valence-corrected chi connectivity index (χ1v) is 4.99. The largest absolute Gasteiger partial charge is 0.0914 e.